The lowest BCUT2D eigenvalue weighted by atomic mass is 9.71. The number of halogens is 1. The van der Waals surface area contributed by atoms with E-state index < -0.39 is 0 Å². The van der Waals surface area contributed by atoms with Gasteiger partial charge in [0.1, 0.15) is 5.82 Å². The topological polar surface area (TPSA) is 29.1 Å². The summed E-state index contributed by atoms with van der Waals surface area (Å²) in [7, 11) is 0. The average Bonchev–Trinajstić information content (AvgIpc) is 2.84. The second kappa shape index (κ2) is 7.45. The van der Waals surface area contributed by atoms with Gasteiger partial charge in [0.05, 0.1) is 6.04 Å². The number of hydrogen-bond donors (Lipinski definition) is 1. The Balaban J connectivity index is 1.58. The summed E-state index contributed by atoms with van der Waals surface area (Å²) in [5.74, 6) is 0.0472. The fourth-order valence-corrected chi connectivity index (χ4v) is 5.31. The zero-order chi connectivity index (χ0) is 21.7. The first-order valence-electron chi connectivity index (χ1n) is 11.0. The van der Waals surface area contributed by atoms with E-state index in [1.54, 1.807) is 12.1 Å². The standard InChI is InChI=1S/C29H22FNO/c30-22-13-10-20(11-14-22)29-28-24(16-21(17-26(28)32)18-6-2-1-3-7-18)27-23-9-5-4-8-19(23)12-15-25(27)31-29/h1-15,21,29,31H,16-17H2/t21-,29+/m0/s1. The van der Waals surface area contributed by atoms with Crippen molar-refractivity contribution in [3.8, 4) is 0 Å². The largest absolute Gasteiger partial charge is 0.373 e. The van der Waals surface area contributed by atoms with Gasteiger partial charge in [0.25, 0.3) is 0 Å². The molecule has 0 unspecified atom stereocenters. The highest BCUT2D eigenvalue weighted by Crippen LogP contribution is 2.50. The molecule has 4 aromatic carbocycles. The third-order valence-corrected chi connectivity index (χ3v) is 6.80. The van der Waals surface area contributed by atoms with E-state index in [2.05, 4.69) is 41.7 Å². The normalized spacial score (nSPS) is 20.0. The molecule has 1 heterocycles. The minimum Gasteiger partial charge on any atom is -0.373 e. The zero-order valence-corrected chi connectivity index (χ0v) is 17.5. The molecule has 0 aromatic heterocycles. The third kappa shape index (κ3) is 3.04. The van der Waals surface area contributed by atoms with Crippen LogP contribution in [-0.4, -0.2) is 5.78 Å². The van der Waals surface area contributed by atoms with Crippen molar-refractivity contribution in [1.82, 2.24) is 0 Å². The lowest BCUT2D eigenvalue weighted by Crippen LogP contribution is -2.29. The SMILES string of the molecule is O=C1C[C@@H](c2ccccc2)CC2=C1[C@@H](c1ccc(F)cc1)Nc1ccc3ccccc3c12. The molecule has 0 amide bonds. The maximum Gasteiger partial charge on any atom is 0.162 e. The number of ketones is 1. The number of fused-ring (bicyclic) bond motifs is 4. The first-order chi connectivity index (χ1) is 15.7. The molecule has 0 fully saturated rings. The van der Waals surface area contributed by atoms with Crippen molar-refractivity contribution >= 4 is 27.8 Å². The van der Waals surface area contributed by atoms with E-state index in [9.17, 15) is 9.18 Å². The highest BCUT2D eigenvalue weighted by atomic mass is 19.1. The molecule has 1 N–H and O–H groups in total. The summed E-state index contributed by atoms with van der Waals surface area (Å²) in [5.41, 5.74) is 6.21. The number of anilines is 1. The van der Waals surface area contributed by atoms with Crippen LogP contribution in [0.3, 0.4) is 0 Å². The van der Waals surface area contributed by atoms with E-state index in [1.807, 2.05) is 30.3 Å². The quantitative estimate of drug-likeness (QED) is 0.377. The van der Waals surface area contributed by atoms with Crippen LogP contribution in [0, 0.1) is 5.82 Å². The van der Waals surface area contributed by atoms with Gasteiger partial charge in [-0.1, -0.05) is 72.8 Å². The minimum atomic E-state index is -0.275. The number of hydrogen-bond acceptors (Lipinski definition) is 2. The molecule has 0 spiro atoms. The molecule has 0 radical (unpaired) electrons. The Morgan fingerprint density at radius 1 is 0.750 bits per heavy atom. The highest BCUT2D eigenvalue weighted by Gasteiger charge is 2.38. The van der Waals surface area contributed by atoms with Gasteiger partial charge in [-0.25, -0.2) is 4.39 Å². The molecule has 1 aliphatic heterocycles. The number of carbonyl (C=O) groups is 1. The predicted molar refractivity (Wildman–Crippen MR) is 127 cm³/mol. The molecule has 2 nitrogen and oxygen atoms in total. The third-order valence-electron chi connectivity index (χ3n) is 6.80. The molecule has 0 saturated carbocycles. The van der Waals surface area contributed by atoms with Crippen LogP contribution in [-0.2, 0) is 4.79 Å². The molecule has 0 bridgehead atoms. The van der Waals surface area contributed by atoms with Crippen molar-refractivity contribution in [2.24, 2.45) is 0 Å². The molecule has 4 aromatic rings. The highest BCUT2D eigenvalue weighted by molar-refractivity contribution is 6.13. The summed E-state index contributed by atoms with van der Waals surface area (Å²) in [5, 5.41) is 5.93. The second-order valence-electron chi connectivity index (χ2n) is 8.67. The number of allylic oxidation sites excluding steroid dienone is 1. The van der Waals surface area contributed by atoms with Crippen molar-refractivity contribution in [3.05, 3.63) is 119 Å². The average molecular weight is 419 g/mol. The van der Waals surface area contributed by atoms with Gasteiger partial charge in [0, 0.05) is 23.2 Å². The maximum absolute atomic E-state index is 13.6. The summed E-state index contributed by atoms with van der Waals surface area (Å²) in [6, 6.07) is 29.1. The van der Waals surface area contributed by atoms with Crippen LogP contribution in [0.1, 0.15) is 41.5 Å². The lowest BCUT2D eigenvalue weighted by molar-refractivity contribution is -0.116. The molecule has 6 rings (SSSR count). The Morgan fingerprint density at radius 3 is 2.31 bits per heavy atom. The van der Waals surface area contributed by atoms with Gasteiger partial charge in [-0.3, -0.25) is 4.79 Å². The smallest absolute Gasteiger partial charge is 0.162 e. The fourth-order valence-electron chi connectivity index (χ4n) is 5.31. The number of rotatable bonds is 2. The lowest BCUT2D eigenvalue weighted by Gasteiger charge is -2.37. The molecular weight excluding hydrogens is 397 g/mol. The molecule has 2 atom stereocenters. The van der Waals surface area contributed by atoms with Crippen LogP contribution >= 0.6 is 0 Å². The molecule has 1 aliphatic carbocycles. The fraction of sp³-hybridized carbons (Fsp3) is 0.138. The zero-order valence-electron chi connectivity index (χ0n) is 17.5. The van der Waals surface area contributed by atoms with Crippen molar-refractivity contribution < 1.29 is 9.18 Å². The first-order valence-corrected chi connectivity index (χ1v) is 11.0. The van der Waals surface area contributed by atoms with Crippen LogP contribution in [0.4, 0.5) is 10.1 Å². The molecule has 3 heteroatoms. The van der Waals surface area contributed by atoms with Gasteiger partial charge in [-0.2, -0.15) is 0 Å². The Hall–Kier alpha value is -3.72. The van der Waals surface area contributed by atoms with Crippen molar-refractivity contribution in [2.45, 2.75) is 24.8 Å². The molecular formula is C29H22FNO. The van der Waals surface area contributed by atoms with E-state index in [1.165, 1.54) is 17.7 Å². The van der Waals surface area contributed by atoms with Gasteiger partial charge in [-0.05, 0) is 58.0 Å². The van der Waals surface area contributed by atoms with Crippen LogP contribution < -0.4 is 5.32 Å². The van der Waals surface area contributed by atoms with Gasteiger partial charge < -0.3 is 5.32 Å². The van der Waals surface area contributed by atoms with Gasteiger partial charge in [0.15, 0.2) is 5.78 Å². The monoisotopic (exact) mass is 419 g/mol. The molecule has 2 aliphatic rings. The van der Waals surface area contributed by atoms with Crippen LogP contribution in [0.25, 0.3) is 16.3 Å². The van der Waals surface area contributed by atoms with E-state index >= 15 is 0 Å². The molecule has 0 saturated heterocycles. The minimum absolute atomic E-state index is 0.154. The van der Waals surface area contributed by atoms with E-state index in [0.717, 1.165) is 45.2 Å². The number of nitrogens with one attached hydrogen (secondary N) is 1. The number of Topliss-reactive ketones (excluding diaryl/α,β-unsaturated/α-hetero) is 1. The Kier molecular flexibility index (Phi) is 4.43. The van der Waals surface area contributed by atoms with E-state index in [0.29, 0.717) is 6.42 Å². The van der Waals surface area contributed by atoms with Crippen LogP contribution in [0.2, 0.25) is 0 Å². The Bertz CT molecular complexity index is 1370. The van der Waals surface area contributed by atoms with E-state index in [4.69, 9.17) is 0 Å². The Morgan fingerprint density at radius 2 is 1.50 bits per heavy atom. The summed E-state index contributed by atoms with van der Waals surface area (Å²) >= 11 is 0. The number of benzene rings is 4. The van der Waals surface area contributed by atoms with Crippen LogP contribution in [0.15, 0.2) is 96.6 Å². The van der Waals surface area contributed by atoms with Gasteiger partial charge >= 0.3 is 0 Å². The maximum atomic E-state index is 13.6. The number of carbonyl (C=O) groups excluding carboxylic acids is 1. The summed E-state index contributed by atoms with van der Waals surface area (Å²) in [6.07, 6.45) is 1.30. The summed E-state index contributed by atoms with van der Waals surface area (Å²) < 4.78 is 13.6. The summed E-state index contributed by atoms with van der Waals surface area (Å²) in [6.45, 7) is 0. The van der Waals surface area contributed by atoms with Crippen molar-refractivity contribution in [3.63, 3.8) is 0 Å². The Labute approximate surface area is 186 Å². The van der Waals surface area contributed by atoms with E-state index in [-0.39, 0.29) is 23.6 Å². The predicted octanol–water partition coefficient (Wildman–Crippen LogP) is 7.05. The van der Waals surface area contributed by atoms with Crippen molar-refractivity contribution in [1.29, 1.82) is 0 Å². The molecule has 32 heavy (non-hydrogen) atoms. The van der Waals surface area contributed by atoms with Gasteiger partial charge in [-0.15, -0.1) is 0 Å². The second-order valence-corrected chi connectivity index (χ2v) is 8.67. The summed E-state index contributed by atoms with van der Waals surface area (Å²) in [4.78, 5) is 13.6. The van der Waals surface area contributed by atoms with Crippen LogP contribution in [0.5, 0.6) is 0 Å². The first kappa shape index (κ1) is 19.0. The molecule has 156 valence electrons. The van der Waals surface area contributed by atoms with Crippen molar-refractivity contribution in [2.75, 3.05) is 5.32 Å². The van der Waals surface area contributed by atoms with Gasteiger partial charge in [0.2, 0.25) is 0 Å².